The van der Waals surface area contributed by atoms with Crippen molar-refractivity contribution < 1.29 is 29.4 Å². The first kappa shape index (κ1) is 14.7. The van der Waals surface area contributed by atoms with Gasteiger partial charge in [-0.25, -0.2) is 4.79 Å². The molecule has 1 aliphatic heterocycles. The van der Waals surface area contributed by atoms with Gasteiger partial charge < -0.3 is 9.84 Å². The van der Waals surface area contributed by atoms with E-state index in [1.54, 1.807) is 0 Å². The Morgan fingerprint density at radius 3 is 2.05 bits per heavy atom. The summed E-state index contributed by atoms with van der Waals surface area (Å²) >= 11 is 0. The second kappa shape index (κ2) is 7.12. The van der Waals surface area contributed by atoms with E-state index in [1.165, 1.54) is 0 Å². The van der Waals surface area contributed by atoms with E-state index in [9.17, 15) is 14.4 Å². The van der Waals surface area contributed by atoms with E-state index in [0.717, 1.165) is 5.56 Å². The van der Waals surface area contributed by atoms with Gasteiger partial charge >= 0.3 is 6.16 Å². The first-order chi connectivity index (χ1) is 9.00. The van der Waals surface area contributed by atoms with Crippen LogP contribution in [0.1, 0.15) is 18.4 Å². The number of rotatable bonds is 2. The largest absolute Gasteiger partial charge is 0.506 e. The third kappa shape index (κ3) is 5.17. The molecule has 0 unspecified atom stereocenters. The van der Waals surface area contributed by atoms with Crippen molar-refractivity contribution in [2.45, 2.75) is 19.4 Å². The molecule has 1 fully saturated rings. The van der Waals surface area contributed by atoms with Gasteiger partial charge in [0.15, 0.2) is 0 Å². The van der Waals surface area contributed by atoms with Crippen LogP contribution in [0.4, 0.5) is 4.79 Å². The van der Waals surface area contributed by atoms with Gasteiger partial charge in [-0.05, 0) is 5.56 Å². The number of benzene rings is 1. The third-order valence-electron chi connectivity index (χ3n) is 2.23. The van der Waals surface area contributed by atoms with Crippen LogP contribution in [0.3, 0.4) is 0 Å². The number of hydrogen-bond donors (Lipinski definition) is 2. The zero-order chi connectivity index (χ0) is 14.3. The van der Waals surface area contributed by atoms with E-state index in [4.69, 9.17) is 10.3 Å². The molecular formula is C12H13NO6. The normalized spacial score (nSPS) is 13.8. The van der Waals surface area contributed by atoms with Crippen LogP contribution in [0.2, 0.25) is 0 Å². The zero-order valence-electron chi connectivity index (χ0n) is 9.98. The molecule has 1 heterocycles. The average molecular weight is 267 g/mol. The fourth-order valence-electron chi connectivity index (χ4n) is 1.28. The van der Waals surface area contributed by atoms with Gasteiger partial charge in [0.05, 0.1) is 0 Å². The van der Waals surface area contributed by atoms with Crippen molar-refractivity contribution in [1.82, 2.24) is 5.06 Å². The molecule has 19 heavy (non-hydrogen) atoms. The molecule has 7 heteroatoms. The Hall–Kier alpha value is -2.41. The van der Waals surface area contributed by atoms with Gasteiger partial charge in [0.2, 0.25) is 0 Å². The topological polar surface area (TPSA) is 104 Å². The predicted molar refractivity (Wildman–Crippen MR) is 62.1 cm³/mol. The number of ether oxygens (including phenoxy) is 1. The van der Waals surface area contributed by atoms with Crippen LogP contribution in [-0.4, -0.2) is 33.3 Å². The average Bonchev–Trinajstić information content (AvgIpc) is 2.70. The standard InChI is InChI=1S/C8H8O3.C4H5NO3/c9-8(10)11-6-7-4-2-1-3-5-7;6-3-1-2-4(7)5(3)8/h1-5H,6H2,(H,9,10);8H,1-2H2. The molecule has 2 N–H and O–H groups in total. The SMILES string of the molecule is O=C(O)OCc1ccccc1.O=C1CCC(=O)N1O. The number of carbonyl (C=O) groups is 3. The lowest BCUT2D eigenvalue weighted by molar-refractivity contribution is -0.171. The Balaban J connectivity index is 0.000000200. The molecule has 7 nitrogen and oxygen atoms in total. The van der Waals surface area contributed by atoms with Gasteiger partial charge in [0, 0.05) is 12.8 Å². The minimum atomic E-state index is -1.24. The summed E-state index contributed by atoms with van der Waals surface area (Å²) < 4.78 is 4.34. The second-order valence-electron chi connectivity index (χ2n) is 3.64. The van der Waals surface area contributed by atoms with Crippen LogP contribution in [0, 0.1) is 0 Å². The highest BCUT2D eigenvalue weighted by molar-refractivity contribution is 6.00. The molecule has 0 spiro atoms. The summed E-state index contributed by atoms with van der Waals surface area (Å²) in [5.74, 6) is -1.01. The minimum absolute atomic E-state index is 0.121. The molecule has 2 amide bonds. The number of imide groups is 1. The molecule has 0 saturated carbocycles. The number of carbonyl (C=O) groups excluding carboxylic acids is 2. The molecule has 0 aliphatic carbocycles. The molecule has 1 saturated heterocycles. The van der Waals surface area contributed by atoms with E-state index < -0.39 is 18.0 Å². The van der Waals surface area contributed by atoms with E-state index in [-0.39, 0.29) is 24.5 Å². The van der Waals surface area contributed by atoms with Crippen molar-refractivity contribution in [3.05, 3.63) is 35.9 Å². The van der Waals surface area contributed by atoms with Crippen molar-refractivity contribution in [3.63, 3.8) is 0 Å². The number of amides is 2. The summed E-state index contributed by atoms with van der Waals surface area (Å²) in [6.07, 6.45) is -0.946. The summed E-state index contributed by atoms with van der Waals surface area (Å²) in [5.41, 5.74) is 0.856. The Bertz CT molecular complexity index is 443. The summed E-state index contributed by atoms with van der Waals surface area (Å²) in [6, 6.07) is 9.15. The van der Waals surface area contributed by atoms with Crippen molar-refractivity contribution in [2.24, 2.45) is 0 Å². The van der Waals surface area contributed by atoms with E-state index in [1.807, 2.05) is 30.3 Å². The molecule has 1 aliphatic rings. The lowest BCUT2D eigenvalue weighted by atomic mass is 10.2. The summed E-state index contributed by atoms with van der Waals surface area (Å²) in [6.45, 7) is 0.121. The van der Waals surface area contributed by atoms with Gasteiger partial charge in [0.25, 0.3) is 11.8 Å². The number of hydroxylamine groups is 2. The summed E-state index contributed by atoms with van der Waals surface area (Å²) in [7, 11) is 0. The van der Waals surface area contributed by atoms with Crippen LogP contribution >= 0.6 is 0 Å². The highest BCUT2D eigenvalue weighted by Gasteiger charge is 2.26. The maximum absolute atomic E-state index is 10.2. The lowest BCUT2D eigenvalue weighted by Crippen LogP contribution is -2.24. The second-order valence-corrected chi connectivity index (χ2v) is 3.64. The highest BCUT2D eigenvalue weighted by atomic mass is 16.7. The molecule has 0 aromatic heterocycles. The smallest absolute Gasteiger partial charge is 0.450 e. The minimum Gasteiger partial charge on any atom is -0.450 e. The maximum Gasteiger partial charge on any atom is 0.506 e. The molecule has 1 aromatic rings. The van der Waals surface area contributed by atoms with Crippen LogP contribution < -0.4 is 0 Å². The monoisotopic (exact) mass is 267 g/mol. The van der Waals surface area contributed by atoms with E-state index >= 15 is 0 Å². The number of nitrogens with zero attached hydrogens (tertiary/aromatic N) is 1. The first-order valence-corrected chi connectivity index (χ1v) is 5.45. The quantitative estimate of drug-likeness (QED) is 0.477. The van der Waals surface area contributed by atoms with Crippen LogP contribution in [0.25, 0.3) is 0 Å². The van der Waals surface area contributed by atoms with Gasteiger partial charge in [-0.1, -0.05) is 30.3 Å². The van der Waals surface area contributed by atoms with Gasteiger partial charge in [-0.15, -0.1) is 0 Å². The third-order valence-corrected chi connectivity index (χ3v) is 2.23. The predicted octanol–water partition coefficient (Wildman–Crippen LogP) is 1.41. The van der Waals surface area contributed by atoms with Crippen molar-refractivity contribution in [1.29, 1.82) is 0 Å². The van der Waals surface area contributed by atoms with Gasteiger partial charge in [0.1, 0.15) is 6.61 Å². The number of carboxylic acid groups (broad SMARTS) is 1. The molecule has 0 bridgehead atoms. The zero-order valence-corrected chi connectivity index (χ0v) is 9.98. The molecule has 0 radical (unpaired) electrons. The summed E-state index contributed by atoms with van der Waals surface area (Å²) in [4.78, 5) is 30.4. The van der Waals surface area contributed by atoms with Crippen molar-refractivity contribution in [3.8, 4) is 0 Å². The molecule has 102 valence electrons. The van der Waals surface area contributed by atoms with Gasteiger partial charge in [-0.2, -0.15) is 5.06 Å². The number of hydrogen-bond acceptors (Lipinski definition) is 5. The Morgan fingerprint density at radius 2 is 1.68 bits per heavy atom. The molecule has 0 atom stereocenters. The molecule has 1 aromatic carbocycles. The molecular weight excluding hydrogens is 254 g/mol. The van der Waals surface area contributed by atoms with Gasteiger partial charge in [-0.3, -0.25) is 14.8 Å². The Morgan fingerprint density at radius 1 is 1.16 bits per heavy atom. The molecule has 2 rings (SSSR count). The fraction of sp³-hybridized carbons (Fsp3) is 0.250. The van der Waals surface area contributed by atoms with Crippen molar-refractivity contribution in [2.75, 3.05) is 0 Å². The van der Waals surface area contributed by atoms with E-state index in [2.05, 4.69) is 4.74 Å². The van der Waals surface area contributed by atoms with E-state index in [0.29, 0.717) is 0 Å². The Kier molecular flexibility index (Phi) is 5.49. The maximum atomic E-state index is 10.2. The summed E-state index contributed by atoms with van der Waals surface area (Å²) in [5, 5.41) is 16.7. The lowest BCUT2D eigenvalue weighted by Gasteiger charge is -1.98. The highest BCUT2D eigenvalue weighted by Crippen LogP contribution is 2.07. The van der Waals surface area contributed by atoms with Crippen LogP contribution in [0.15, 0.2) is 30.3 Å². The fourth-order valence-corrected chi connectivity index (χ4v) is 1.28. The Labute approximate surface area is 109 Å². The van der Waals surface area contributed by atoms with Crippen LogP contribution in [0.5, 0.6) is 0 Å². The van der Waals surface area contributed by atoms with Crippen molar-refractivity contribution >= 4 is 18.0 Å². The first-order valence-electron chi connectivity index (χ1n) is 5.45. The van der Waals surface area contributed by atoms with Crippen LogP contribution in [-0.2, 0) is 20.9 Å².